The van der Waals surface area contributed by atoms with Crippen LogP contribution in [0.4, 0.5) is 0 Å². The molecule has 1 heterocycles. The zero-order valence-electron chi connectivity index (χ0n) is 7.23. The van der Waals surface area contributed by atoms with E-state index < -0.39 is 0 Å². The Hall–Kier alpha value is -1.84. The van der Waals surface area contributed by atoms with E-state index in [9.17, 15) is 4.79 Å². The number of pyridine rings is 1. The molecule has 0 saturated heterocycles. The molecule has 0 aliphatic rings. The van der Waals surface area contributed by atoms with Crippen molar-refractivity contribution < 1.29 is 9.53 Å². The first-order valence-corrected chi connectivity index (χ1v) is 3.70. The number of rotatable bonds is 2. The molecule has 1 aromatic rings. The Morgan fingerprint density at radius 3 is 3.08 bits per heavy atom. The molecule has 13 heavy (non-hydrogen) atoms. The highest BCUT2D eigenvalue weighted by Gasteiger charge is 2.04. The third-order valence-corrected chi connectivity index (χ3v) is 1.47. The van der Waals surface area contributed by atoms with Gasteiger partial charge in [0.1, 0.15) is 0 Å². The molecule has 2 N–H and O–H groups in total. The molecule has 0 amide bonds. The normalized spacial score (nSPS) is 10.2. The summed E-state index contributed by atoms with van der Waals surface area (Å²) >= 11 is 0. The average Bonchev–Trinajstić information content (AvgIpc) is 2.18. The van der Waals surface area contributed by atoms with Crippen LogP contribution in [-0.4, -0.2) is 18.1 Å². The number of carbonyl (C=O) groups is 1. The number of aromatic nitrogens is 1. The van der Waals surface area contributed by atoms with Crippen LogP contribution in [0.25, 0.3) is 6.08 Å². The second-order valence-corrected chi connectivity index (χ2v) is 2.32. The van der Waals surface area contributed by atoms with E-state index in [2.05, 4.69) is 9.72 Å². The van der Waals surface area contributed by atoms with E-state index in [1.54, 1.807) is 18.2 Å². The summed E-state index contributed by atoms with van der Waals surface area (Å²) in [4.78, 5) is 15.0. The Morgan fingerprint density at radius 2 is 2.46 bits per heavy atom. The van der Waals surface area contributed by atoms with Gasteiger partial charge in [-0.15, -0.1) is 0 Å². The van der Waals surface area contributed by atoms with E-state index in [0.29, 0.717) is 11.3 Å². The molecule has 4 nitrogen and oxygen atoms in total. The Bertz CT molecular complexity index is 334. The highest BCUT2D eigenvalue weighted by atomic mass is 16.5. The quantitative estimate of drug-likeness (QED) is 0.680. The molecule has 0 bridgehead atoms. The molecule has 1 aromatic heterocycles. The largest absolute Gasteiger partial charge is 0.465 e. The van der Waals surface area contributed by atoms with E-state index in [-0.39, 0.29) is 5.97 Å². The molecule has 0 aliphatic carbocycles. The van der Waals surface area contributed by atoms with Gasteiger partial charge in [0.15, 0.2) is 0 Å². The summed E-state index contributed by atoms with van der Waals surface area (Å²) in [7, 11) is 1.33. The first-order valence-electron chi connectivity index (χ1n) is 3.70. The van der Waals surface area contributed by atoms with Crippen molar-refractivity contribution >= 4 is 12.0 Å². The highest BCUT2D eigenvalue weighted by molar-refractivity contribution is 5.89. The first kappa shape index (κ1) is 9.25. The molecule has 0 aromatic carbocycles. The summed E-state index contributed by atoms with van der Waals surface area (Å²) in [5, 5.41) is 0. The highest BCUT2D eigenvalue weighted by Crippen LogP contribution is 2.04. The summed E-state index contributed by atoms with van der Waals surface area (Å²) in [6, 6.07) is 3.19. The van der Waals surface area contributed by atoms with Gasteiger partial charge in [0.05, 0.1) is 18.4 Å². The minimum atomic E-state index is -0.380. The molecule has 0 unspecified atom stereocenters. The third-order valence-electron chi connectivity index (χ3n) is 1.47. The van der Waals surface area contributed by atoms with Crippen molar-refractivity contribution in [1.29, 1.82) is 0 Å². The molecule has 4 heteroatoms. The van der Waals surface area contributed by atoms with Crippen LogP contribution in [0, 0.1) is 0 Å². The predicted octanol–water partition coefficient (Wildman–Crippen LogP) is 0.798. The number of carbonyl (C=O) groups excluding carboxylic acids is 1. The van der Waals surface area contributed by atoms with Crippen molar-refractivity contribution in [2.75, 3.05) is 7.11 Å². The number of hydrogen-bond acceptors (Lipinski definition) is 4. The van der Waals surface area contributed by atoms with Crippen LogP contribution in [0.15, 0.2) is 24.5 Å². The van der Waals surface area contributed by atoms with E-state index in [4.69, 9.17) is 5.73 Å². The molecular weight excluding hydrogens is 168 g/mol. The van der Waals surface area contributed by atoms with Crippen molar-refractivity contribution in [3.8, 4) is 0 Å². The maximum absolute atomic E-state index is 11.1. The number of hydrogen-bond donors (Lipinski definition) is 1. The zero-order chi connectivity index (χ0) is 9.68. The van der Waals surface area contributed by atoms with Crippen LogP contribution in [0.1, 0.15) is 16.1 Å². The minimum absolute atomic E-state index is 0.380. The summed E-state index contributed by atoms with van der Waals surface area (Å²) in [5.74, 6) is -0.380. The van der Waals surface area contributed by atoms with Gasteiger partial charge < -0.3 is 10.5 Å². The second kappa shape index (κ2) is 4.25. The fourth-order valence-electron chi connectivity index (χ4n) is 0.883. The number of esters is 1. The van der Waals surface area contributed by atoms with Gasteiger partial charge in [0, 0.05) is 6.20 Å². The summed E-state index contributed by atoms with van der Waals surface area (Å²) in [5.41, 5.74) is 6.28. The van der Waals surface area contributed by atoms with Gasteiger partial charge in [-0.2, -0.15) is 0 Å². The van der Waals surface area contributed by atoms with Crippen LogP contribution in [0.2, 0.25) is 0 Å². The number of ether oxygens (including phenoxy) is 1. The third kappa shape index (κ3) is 2.30. The van der Waals surface area contributed by atoms with Crippen LogP contribution in [0.5, 0.6) is 0 Å². The smallest absolute Gasteiger partial charge is 0.337 e. The summed E-state index contributed by atoms with van der Waals surface area (Å²) in [6.45, 7) is 0. The van der Waals surface area contributed by atoms with Crippen molar-refractivity contribution in [3.05, 3.63) is 35.8 Å². The van der Waals surface area contributed by atoms with E-state index in [0.717, 1.165) is 0 Å². The van der Waals surface area contributed by atoms with Gasteiger partial charge in [-0.25, -0.2) is 4.79 Å². The van der Waals surface area contributed by atoms with Crippen molar-refractivity contribution in [3.63, 3.8) is 0 Å². The van der Waals surface area contributed by atoms with E-state index >= 15 is 0 Å². The second-order valence-electron chi connectivity index (χ2n) is 2.32. The fourth-order valence-corrected chi connectivity index (χ4v) is 0.883. The van der Waals surface area contributed by atoms with Gasteiger partial charge in [0.25, 0.3) is 0 Å². The van der Waals surface area contributed by atoms with Crippen molar-refractivity contribution in [2.24, 2.45) is 5.73 Å². The van der Waals surface area contributed by atoms with Crippen LogP contribution in [0.3, 0.4) is 0 Å². The lowest BCUT2D eigenvalue weighted by atomic mass is 10.2. The lowest BCUT2D eigenvalue weighted by Gasteiger charge is -1.98. The lowest BCUT2D eigenvalue weighted by Crippen LogP contribution is -2.01. The number of nitrogens with two attached hydrogens (primary N) is 1. The van der Waals surface area contributed by atoms with Gasteiger partial charge >= 0.3 is 5.97 Å². The van der Waals surface area contributed by atoms with Crippen molar-refractivity contribution in [2.45, 2.75) is 0 Å². The van der Waals surface area contributed by atoms with Gasteiger partial charge in [-0.05, 0) is 24.4 Å². The molecule has 0 saturated carbocycles. The Balaban J connectivity index is 2.98. The molecule has 0 aliphatic heterocycles. The van der Waals surface area contributed by atoms with Gasteiger partial charge in [0.2, 0.25) is 0 Å². The molecule has 0 atom stereocenters. The molecular formula is C9H10N2O2. The number of methoxy groups -OCH3 is 1. The SMILES string of the molecule is COC(=O)c1ccnc(C=CN)c1. The molecule has 0 fully saturated rings. The Morgan fingerprint density at radius 1 is 1.69 bits per heavy atom. The monoisotopic (exact) mass is 178 g/mol. The average molecular weight is 178 g/mol. The maximum atomic E-state index is 11.1. The predicted molar refractivity (Wildman–Crippen MR) is 48.8 cm³/mol. The Kier molecular flexibility index (Phi) is 3.03. The van der Waals surface area contributed by atoms with Crippen LogP contribution >= 0.6 is 0 Å². The molecule has 0 radical (unpaired) electrons. The molecule has 0 spiro atoms. The van der Waals surface area contributed by atoms with E-state index in [1.165, 1.54) is 19.5 Å². The van der Waals surface area contributed by atoms with Crippen LogP contribution in [-0.2, 0) is 4.74 Å². The summed E-state index contributed by atoms with van der Waals surface area (Å²) in [6.07, 6.45) is 4.50. The summed E-state index contributed by atoms with van der Waals surface area (Å²) < 4.78 is 4.55. The number of nitrogens with zero attached hydrogens (tertiary/aromatic N) is 1. The zero-order valence-corrected chi connectivity index (χ0v) is 7.23. The maximum Gasteiger partial charge on any atom is 0.337 e. The lowest BCUT2D eigenvalue weighted by molar-refractivity contribution is 0.0600. The van der Waals surface area contributed by atoms with Crippen molar-refractivity contribution in [1.82, 2.24) is 4.98 Å². The van der Waals surface area contributed by atoms with E-state index in [1.807, 2.05) is 0 Å². The Labute approximate surface area is 76.0 Å². The van der Waals surface area contributed by atoms with Gasteiger partial charge in [-0.3, -0.25) is 4.98 Å². The topological polar surface area (TPSA) is 65.2 Å². The molecule has 1 rings (SSSR count). The molecule has 68 valence electrons. The van der Waals surface area contributed by atoms with Crippen LogP contribution < -0.4 is 5.73 Å². The minimum Gasteiger partial charge on any atom is -0.465 e. The fraction of sp³-hybridized carbons (Fsp3) is 0.111. The first-order chi connectivity index (χ1) is 6.27. The standard InChI is InChI=1S/C9H10N2O2/c1-13-9(12)7-3-5-11-8(6-7)2-4-10/h2-6H,10H2,1H3. The van der Waals surface area contributed by atoms with Gasteiger partial charge in [-0.1, -0.05) is 0 Å².